The van der Waals surface area contributed by atoms with Crippen molar-refractivity contribution in [2.24, 2.45) is 0 Å². The van der Waals surface area contributed by atoms with E-state index < -0.39 is 0 Å². The van der Waals surface area contributed by atoms with Crippen molar-refractivity contribution in [1.82, 2.24) is 9.97 Å². The van der Waals surface area contributed by atoms with Crippen LogP contribution in [-0.2, 0) is 0 Å². The van der Waals surface area contributed by atoms with Gasteiger partial charge < -0.3 is 9.64 Å². The zero-order valence-corrected chi connectivity index (χ0v) is 12.4. The number of ether oxygens (including phenoxy) is 1. The Balaban J connectivity index is 2.95. The molecule has 18 heavy (non-hydrogen) atoms. The summed E-state index contributed by atoms with van der Waals surface area (Å²) in [5.74, 6) is 2.00. The van der Waals surface area contributed by atoms with Gasteiger partial charge in [0.2, 0.25) is 11.8 Å². The number of hydrogen-bond acceptors (Lipinski definition) is 4. The Labute approximate surface area is 114 Å². The highest BCUT2D eigenvalue weighted by atomic mass is 35.5. The lowest BCUT2D eigenvalue weighted by Crippen LogP contribution is -2.33. The average molecular weight is 272 g/mol. The first-order chi connectivity index (χ1) is 8.58. The van der Waals surface area contributed by atoms with Gasteiger partial charge in [-0.05, 0) is 34.1 Å². The van der Waals surface area contributed by atoms with E-state index >= 15 is 0 Å². The maximum atomic E-state index is 5.76. The standard InChI is InChI=1S/C13H22ClN3O/c1-5-18-12-9-11(4)15-13(16-12)17(10(2)3)8-6-7-14/h9-10H,5-8H2,1-4H3. The van der Waals surface area contributed by atoms with E-state index in [0.29, 0.717) is 24.4 Å². The summed E-state index contributed by atoms with van der Waals surface area (Å²) in [6.07, 6.45) is 0.918. The maximum absolute atomic E-state index is 5.76. The number of anilines is 1. The van der Waals surface area contributed by atoms with Crippen LogP contribution in [0.5, 0.6) is 5.88 Å². The first-order valence-electron chi connectivity index (χ1n) is 6.39. The lowest BCUT2D eigenvalue weighted by Gasteiger charge is -2.26. The largest absolute Gasteiger partial charge is 0.478 e. The molecular formula is C13H22ClN3O. The third-order valence-corrected chi connectivity index (χ3v) is 2.79. The highest BCUT2D eigenvalue weighted by Gasteiger charge is 2.14. The molecule has 0 radical (unpaired) electrons. The van der Waals surface area contributed by atoms with Crippen molar-refractivity contribution in [2.75, 3.05) is 23.9 Å². The van der Waals surface area contributed by atoms with Crippen molar-refractivity contribution < 1.29 is 4.74 Å². The van der Waals surface area contributed by atoms with Crippen LogP contribution < -0.4 is 9.64 Å². The smallest absolute Gasteiger partial charge is 0.229 e. The van der Waals surface area contributed by atoms with Crippen molar-refractivity contribution in [3.05, 3.63) is 11.8 Å². The Kier molecular flexibility index (Phi) is 6.19. The molecule has 0 unspecified atom stereocenters. The summed E-state index contributed by atoms with van der Waals surface area (Å²) in [6.45, 7) is 9.62. The van der Waals surface area contributed by atoms with Crippen molar-refractivity contribution >= 4 is 17.5 Å². The molecule has 5 heteroatoms. The van der Waals surface area contributed by atoms with Gasteiger partial charge in [0.25, 0.3) is 0 Å². The van der Waals surface area contributed by atoms with Crippen molar-refractivity contribution in [3.8, 4) is 5.88 Å². The van der Waals surface area contributed by atoms with Gasteiger partial charge in [0, 0.05) is 30.2 Å². The van der Waals surface area contributed by atoms with Gasteiger partial charge in [-0.3, -0.25) is 0 Å². The van der Waals surface area contributed by atoms with E-state index in [1.165, 1.54) is 0 Å². The number of nitrogens with zero attached hydrogens (tertiary/aromatic N) is 3. The summed E-state index contributed by atoms with van der Waals surface area (Å²) in [5, 5.41) is 0. The number of hydrogen-bond donors (Lipinski definition) is 0. The summed E-state index contributed by atoms with van der Waals surface area (Å²) >= 11 is 5.76. The maximum Gasteiger partial charge on any atom is 0.229 e. The molecule has 1 rings (SSSR count). The SMILES string of the molecule is CCOc1cc(C)nc(N(CCCCl)C(C)C)n1. The van der Waals surface area contributed by atoms with Crippen LogP contribution in [0.2, 0.25) is 0 Å². The van der Waals surface area contributed by atoms with Gasteiger partial charge in [0.1, 0.15) is 0 Å². The molecule has 0 aliphatic carbocycles. The lowest BCUT2D eigenvalue weighted by atomic mass is 10.3. The van der Waals surface area contributed by atoms with Crippen molar-refractivity contribution in [2.45, 2.75) is 40.2 Å². The molecule has 0 saturated heterocycles. The monoisotopic (exact) mass is 271 g/mol. The Morgan fingerprint density at radius 3 is 2.67 bits per heavy atom. The third kappa shape index (κ3) is 4.33. The normalized spacial score (nSPS) is 10.8. The molecule has 0 saturated carbocycles. The van der Waals surface area contributed by atoms with E-state index in [1.807, 2.05) is 19.9 Å². The van der Waals surface area contributed by atoms with E-state index in [2.05, 4.69) is 28.7 Å². The van der Waals surface area contributed by atoms with E-state index in [4.69, 9.17) is 16.3 Å². The molecule has 1 aromatic rings. The highest BCUT2D eigenvalue weighted by molar-refractivity contribution is 6.17. The molecule has 4 nitrogen and oxygen atoms in total. The molecule has 0 aromatic carbocycles. The molecule has 0 N–H and O–H groups in total. The number of alkyl halides is 1. The van der Waals surface area contributed by atoms with Crippen molar-refractivity contribution in [3.63, 3.8) is 0 Å². The van der Waals surface area contributed by atoms with Gasteiger partial charge in [0.15, 0.2) is 0 Å². The summed E-state index contributed by atoms with van der Waals surface area (Å²) in [5.41, 5.74) is 0.917. The van der Waals surface area contributed by atoms with Gasteiger partial charge in [-0.1, -0.05) is 0 Å². The molecule has 1 aromatic heterocycles. The van der Waals surface area contributed by atoms with E-state index in [0.717, 1.165) is 24.6 Å². The molecule has 0 bridgehead atoms. The topological polar surface area (TPSA) is 38.2 Å². The van der Waals surface area contributed by atoms with Crippen LogP contribution in [0.25, 0.3) is 0 Å². The zero-order chi connectivity index (χ0) is 13.5. The predicted molar refractivity (Wildman–Crippen MR) is 75.8 cm³/mol. The van der Waals surface area contributed by atoms with Gasteiger partial charge in [-0.2, -0.15) is 4.98 Å². The van der Waals surface area contributed by atoms with Crippen LogP contribution in [0, 0.1) is 6.92 Å². The Bertz CT molecular complexity index is 371. The summed E-state index contributed by atoms with van der Waals surface area (Å²) in [6, 6.07) is 2.19. The second-order valence-corrected chi connectivity index (χ2v) is 4.79. The van der Waals surface area contributed by atoms with Crippen molar-refractivity contribution in [1.29, 1.82) is 0 Å². The summed E-state index contributed by atoms with van der Waals surface area (Å²) in [4.78, 5) is 11.1. The van der Waals surface area contributed by atoms with Crippen LogP contribution in [-0.4, -0.2) is 35.0 Å². The second kappa shape index (κ2) is 7.41. The fourth-order valence-electron chi connectivity index (χ4n) is 1.69. The first kappa shape index (κ1) is 15.0. The zero-order valence-electron chi connectivity index (χ0n) is 11.6. The second-order valence-electron chi connectivity index (χ2n) is 4.41. The average Bonchev–Trinajstić information content (AvgIpc) is 2.28. The number of aryl methyl sites for hydroxylation is 1. The van der Waals surface area contributed by atoms with Crippen LogP contribution in [0.4, 0.5) is 5.95 Å². The molecule has 1 heterocycles. The van der Waals surface area contributed by atoms with Gasteiger partial charge in [-0.15, -0.1) is 11.6 Å². The first-order valence-corrected chi connectivity index (χ1v) is 6.93. The molecule has 102 valence electrons. The molecule has 0 aliphatic heterocycles. The minimum atomic E-state index is 0.337. The van der Waals surface area contributed by atoms with Gasteiger partial charge >= 0.3 is 0 Å². The van der Waals surface area contributed by atoms with Crippen LogP contribution in [0.15, 0.2) is 6.07 Å². The molecular weight excluding hydrogens is 250 g/mol. The minimum Gasteiger partial charge on any atom is -0.478 e. The van der Waals surface area contributed by atoms with Gasteiger partial charge in [0.05, 0.1) is 6.61 Å². The highest BCUT2D eigenvalue weighted by Crippen LogP contribution is 2.18. The Morgan fingerprint density at radius 1 is 1.39 bits per heavy atom. The third-order valence-electron chi connectivity index (χ3n) is 2.52. The number of rotatable bonds is 7. The Morgan fingerprint density at radius 2 is 2.11 bits per heavy atom. The fourth-order valence-corrected chi connectivity index (χ4v) is 1.81. The minimum absolute atomic E-state index is 0.337. The van der Waals surface area contributed by atoms with Crippen LogP contribution >= 0.6 is 11.6 Å². The molecule has 0 atom stereocenters. The van der Waals surface area contributed by atoms with Gasteiger partial charge in [-0.25, -0.2) is 4.98 Å². The quantitative estimate of drug-likeness (QED) is 0.715. The predicted octanol–water partition coefficient (Wildman–Crippen LogP) is 3.03. The molecule has 0 aliphatic rings. The Hall–Kier alpha value is -1.03. The number of aromatic nitrogens is 2. The van der Waals surface area contributed by atoms with Crippen LogP contribution in [0.3, 0.4) is 0 Å². The van der Waals surface area contributed by atoms with Crippen LogP contribution in [0.1, 0.15) is 32.9 Å². The molecule has 0 spiro atoms. The van der Waals surface area contributed by atoms with E-state index in [9.17, 15) is 0 Å². The molecule has 0 amide bonds. The summed E-state index contributed by atoms with van der Waals surface area (Å²) in [7, 11) is 0. The lowest BCUT2D eigenvalue weighted by molar-refractivity contribution is 0.325. The van der Waals surface area contributed by atoms with E-state index in [1.54, 1.807) is 0 Å². The fraction of sp³-hybridized carbons (Fsp3) is 0.692. The molecule has 0 fully saturated rings. The number of halogens is 1. The van der Waals surface area contributed by atoms with E-state index in [-0.39, 0.29) is 0 Å². The summed E-state index contributed by atoms with van der Waals surface area (Å²) < 4.78 is 5.46.